The van der Waals surface area contributed by atoms with E-state index in [-0.39, 0.29) is 11.9 Å². The number of rotatable bonds is 7. The van der Waals surface area contributed by atoms with Crippen LogP contribution in [0.15, 0.2) is 24.3 Å². The number of para-hydroxylation sites is 1. The Hall–Kier alpha value is -1.67. The quantitative estimate of drug-likeness (QED) is 0.703. The van der Waals surface area contributed by atoms with Crippen molar-refractivity contribution in [1.82, 2.24) is 15.1 Å². The zero-order valence-corrected chi connectivity index (χ0v) is 16.1. The Labute approximate surface area is 161 Å². The van der Waals surface area contributed by atoms with Gasteiger partial charge in [-0.2, -0.15) is 0 Å². The Bertz CT molecular complexity index is 613. The van der Waals surface area contributed by atoms with Gasteiger partial charge in [0.1, 0.15) is 5.75 Å². The fraction of sp³-hybridized carbons (Fsp3) is 0.650. The van der Waals surface area contributed by atoms with Crippen molar-refractivity contribution in [3.05, 3.63) is 29.8 Å². The van der Waals surface area contributed by atoms with Gasteiger partial charge >= 0.3 is 0 Å². The van der Waals surface area contributed by atoms with E-state index in [9.17, 15) is 9.90 Å². The van der Waals surface area contributed by atoms with E-state index in [4.69, 9.17) is 9.47 Å². The summed E-state index contributed by atoms with van der Waals surface area (Å²) >= 11 is 0. The number of carbonyl (C=O) groups is 1. The Balaban J connectivity index is 1.39. The minimum Gasteiger partial charge on any atom is -0.496 e. The molecule has 2 saturated heterocycles. The van der Waals surface area contributed by atoms with E-state index in [1.165, 1.54) is 0 Å². The zero-order chi connectivity index (χ0) is 19.1. The van der Waals surface area contributed by atoms with E-state index < -0.39 is 6.10 Å². The molecule has 2 aliphatic rings. The lowest BCUT2D eigenvalue weighted by Gasteiger charge is -2.28. The predicted molar refractivity (Wildman–Crippen MR) is 103 cm³/mol. The van der Waals surface area contributed by atoms with Crippen molar-refractivity contribution in [2.75, 3.05) is 59.6 Å². The van der Waals surface area contributed by atoms with Crippen LogP contribution in [0.1, 0.15) is 12.0 Å². The second kappa shape index (κ2) is 10.0. The molecule has 1 aromatic carbocycles. The van der Waals surface area contributed by atoms with Crippen LogP contribution in [-0.4, -0.2) is 92.6 Å². The summed E-state index contributed by atoms with van der Waals surface area (Å²) in [6, 6.07) is 7.98. The Morgan fingerprint density at radius 3 is 2.89 bits per heavy atom. The van der Waals surface area contributed by atoms with E-state index >= 15 is 0 Å². The number of ether oxygens (including phenoxy) is 2. The predicted octanol–water partition coefficient (Wildman–Crippen LogP) is 0.121. The molecule has 0 aromatic heterocycles. The molecule has 3 rings (SSSR count). The Morgan fingerprint density at radius 2 is 2.11 bits per heavy atom. The van der Waals surface area contributed by atoms with Gasteiger partial charge < -0.3 is 19.9 Å². The van der Waals surface area contributed by atoms with E-state index in [2.05, 4.69) is 15.1 Å². The molecule has 2 atom stereocenters. The smallest absolute Gasteiger partial charge is 0.234 e. The lowest BCUT2D eigenvalue weighted by atomic mass is 10.1. The van der Waals surface area contributed by atoms with E-state index in [0.29, 0.717) is 26.3 Å². The number of nitrogens with zero attached hydrogens (tertiary/aromatic N) is 2. The molecule has 1 aromatic rings. The van der Waals surface area contributed by atoms with E-state index in [0.717, 1.165) is 50.3 Å². The summed E-state index contributed by atoms with van der Waals surface area (Å²) in [4.78, 5) is 16.8. The number of hydrogen-bond acceptors (Lipinski definition) is 6. The van der Waals surface area contributed by atoms with Crippen LogP contribution in [0.3, 0.4) is 0 Å². The third kappa shape index (κ3) is 5.65. The van der Waals surface area contributed by atoms with Crippen LogP contribution < -0.4 is 10.1 Å². The van der Waals surface area contributed by atoms with E-state index in [1.54, 1.807) is 7.11 Å². The van der Waals surface area contributed by atoms with Gasteiger partial charge in [-0.1, -0.05) is 18.2 Å². The van der Waals surface area contributed by atoms with Crippen molar-refractivity contribution in [3.63, 3.8) is 0 Å². The number of aliphatic hydroxyl groups excluding tert-OH is 1. The van der Waals surface area contributed by atoms with E-state index in [1.807, 2.05) is 24.3 Å². The second-order valence-electron chi connectivity index (χ2n) is 7.25. The number of aliphatic hydroxyl groups is 1. The molecule has 0 aliphatic carbocycles. The van der Waals surface area contributed by atoms with Gasteiger partial charge in [-0.15, -0.1) is 0 Å². The molecule has 7 heteroatoms. The molecular formula is C20H31N3O4. The standard InChI is InChI=1S/C20H31N3O4/c1-26-19-6-3-2-5-16(19)7-8-21-20(25)13-22-9-4-10-23(12-11-22)17-14-27-15-18(17)24/h2-3,5-6,17-18,24H,4,7-15H2,1H3,(H,21,25)/t17-,18-/m0/s1. The molecule has 0 radical (unpaired) electrons. The first-order valence-corrected chi connectivity index (χ1v) is 9.78. The van der Waals surface area contributed by atoms with Gasteiger partial charge in [0, 0.05) is 19.6 Å². The fourth-order valence-corrected chi connectivity index (χ4v) is 3.87. The van der Waals surface area contributed by atoms with Crippen LogP contribution in [0.4, 0.5) is 0 Å². The molecule has 7 nitrogen and oxygen atoms in total. The van der Waals surface area contributed by atoms with Crippen molar-refractivity contribution >= 4 is 5.91 Å². The summed E-state index contributed by atoms with van der Waals surface area (Å²) in [5.74, 6) is 0.917. The van der Waals surface area contributed by atoms with Gasteiger partial charge in [0.2, 0.25) is 5.91 Å². The van der Waals surface area contributed by atoms with Gasteiger partial charge in [0.15, 0.2) is 0 Å². The molecule has 0 unspecified atom stereocenters. The van der Waals surface area contributed by atoms with Crippen LogP contribution in [0.2, 0.25) is 0 Å². The maximum absolute atomic E-state index is 12.3. The third-order valence-electron chi connectivity index (χ3n) is 5.39. The largest absolute Gasteiger partial charge is 0.496 e. The van der Waals surface area contributed by atoms with Crippen molar-refractivity contribution in [3.8, 4) is 5.75 Å². The monoisotopic (exact) mass is 377 g/mol. The summed E-state index contributed by atoms with van der Waals surface area (Å²) in [7, 11) is 1.66. The van der Waals surface area contributed by atoms with Gasteiger partial charge in [-0.3, -0.25) is 14.6 Å². The van der Waals surface area contributed by atoms with Crippen LogP contribution in [0.5, 0.6) is 5.75 Å². The lowest BCUT2D eigenvalue weighted by Crippen LogP contribution is -2.45. The molecule has 150 valence electrons. The van der Waals surface area contributed by atoms with Crippen molar-refractivity contribution in [1.29, 1.82) is 0 Å². The molecule has 2 fully saturated rings. The molecular weight excluding hydrogens is 346 g/mol. The van der Waals surface area contributed by atoms with Gasteiger partial charge in [-0.25, -0.2) is 0 Å². The van der Waals surface area contributed by atoms with Crippen molar-refractivity contribution in [2.24, 2.45) is 0 Å². The maximum Gasteiger partial charge on any atom is 0.234 e. The van der Waals surface area contributed by atoms with Crippen LogP contribution >= 0.6 is 0 Å². The van der Waals surface area contributed by atoms with Crippen LogP contribution in [0, 0.1) is 0 Å². The lowest BCUT2D eigenvalue weighted by molar-refractivity contribution is -0.122. The SMILES string of the molecule is COc1ccccc1CCNC(=O)CN1CCCN([C@H]2COC[C@@H]2O)CC1. The fourth-order valence-electron chi connectivity index (χ4n) is 3.87. The summed E-state index contributed by atoms with van der Waals surface area (Å²) < 4.78 is 10.7. The summed E-state index contributed by atoms with van der Waals surface area (Å²) in [6.45, 7) is 5.60. The molecule has 1 amide bonds. The topological polar surface area (TPSA) is 74.3 Å². The number of carbonyl (C=O) groups excluding carboxylic acids is 1. The highest BCUT2D eigenvalue weighted by atomic mass is 16.5. The maximum atomic E-state index is 12.3. The van der Waals surface area contributed by atoms with Gasteiger partial charge in [0.05, 0.1) is 39.0 Å². The highest BCUT2D eigenvalue weighted by Crippen LogP contribution is 2.17. The summed E-state index contributed by atoms with van der Waals surface area (Å²) in [5.41, 5.74) is 1.10. The minimum atomic E-state index is -0.394. The number of amides is 1. The average molecular weight is 377 g/mol. The van der Waals surface area contributed by atoms with Gasteiger partial charge in [0.25, 0.3) is 0 Å². The number of hydrogen-bond donors (Lipinski definition) is 2. The second-order valence-corrected chi connectivity index (χ2v) is 7.25. The third-order valence-corrected chi connectivity index (χ3v) is 5.39. The molecule has 0 spiro atoms. The molecule has 0 saturated carbocycles. The number of nitrogens with one attached hydrogen (secondary N) is 1. The molecule has 2 aliphatic heterocycles. The minimum absolute atomic E-state index is 0.0579. The molecule has 0 bridgehead atoms. The first-order chi connectivity index (χ1) is 13.2. The Kier molecular flexibility index (Phi) is 7.46. The average Bonchev–Trinajstić information content (AvgIpc) is 2.97. The first kappa shape index (κ1) is 20.1. The zero-order valence-electron chi connectivity index (χ0n) is 16.1. The van der Waals surface area contributed by atoms with Crippen molar-refractivity contribution in [2.45, 2.75) is 25.0 Å². The molecule has 2 heterocycles. The Morgan fingerprint density at radius 1 is 1.26 bits per heavy atom. The first-order valence-electron chi connectivity index (χ1n) is 9.78. The summed E-state index contributed by atoms with van der Waals surface area (Å²) in [5, 5.41) is 13.0. The highest BCUT2D eigenvalue weighted by Gasteiger charge is 2.32. The normalized spacial score (nSPS) is 24.5. The number of benzene rings is 1. The highest BCUT2D eigenvalue weighted by molar-refractivity contribution is 5.78. The van der Waals surface area contributed by atoms with Crippen molar-refractivity contribution < 1.29 is 19.4 Å². The summed E-state index contributed by atoms with van der Waals surface area (Å²) in [6.07, 6.45) is 1.36. The van der Waals surface area contributed by atoms with Crippen LogP contribution in [-0.2, 0) is 16.0 Å². The van der Waals surface area contributed by atoms with Crippen LogP contribution in [0.25, 0.3) is 0 Å². The molecule has 27 heavy (non-hydrogen) atoms. The number of methoxy groups -OCH3 is 1. The van der Waals surface area contributed by atoms with Gasteiger partial charge in [-0.05, 0) is 37.6 Å². The molecule has 2 N–H and O–H groups in total.